The minimum absolute atomic E-state index is 0.303. The Morgan fingerprint density at radius 1 is 1.04 bits per heavy atom. The fourth-order valence-corrected chi connectivity index (χ4v) is 4.14. The number of ether oxygens (including phenoxy) is 1. The molecule has 2 atom stereocenters. The van der Waals surface area contributed by atoms with Gasteiger partial charge in [-0.1, -0.05) is 0 Å². The van der Waals surface area contributed by atoms with Gasteiger partial charge in [0, 0.05) is 44.0 Å². The van der Waals surface area contributed by atoms with E-state index >= 15 is 0 Å². The highest BCUT2D eigenvalue weighted by Crippen LogP contribution is 2.23. The van der Waals surface area contributed by atoms with E-state index in [-0.39, 0.29) is 0 Å². The van der Waals surface area contributed by atoms with Crippen LogP contribution in [0.15, 0.2) is 24.3 Å². The molecule has 0 saturated carbocycles. The summed E-state index contributed by atoms with van der Waals surface area (Å²) in [6.45, 7) is 8.74. The zero-order valence-electron chi connectivity index (χ0n) is 15.8. The van der Waals surface area contributed by atoms with Crippen LogP contribution in [0.3, 0.4) is 0 Å². The van der Waals surface area contributed by atoms with Crippen LogP contribution in [0.1, 0.15) is 33.1 Å². The van der Waals surface area contributed by atoms with E-state index < -0.39 is 0 Å². The van der Waals surface area contributed by atoms with Crippen molar-refractivity contribution in [2.75, 3.05) is 44.7 Å². The van der Waals surface area contributed by atoms with Gasteiger partial charge in [0.2, 0.25) is 5.91 Å². The van der Waals surface area contributed by atoms with Crippen molar-refractivity contribution < 1.29 is 9.53 Å². The summed E-state index contributed by atoms with van der Waals surface area (Å²) in [5.41, 5.74) is 1.23. The van der Waals surface area contributed by atoms with Crippen LogP contribution < -0.4 is 9.64 Å². The molecule has 0 spiro atoms. The summed E-state index contributed by atoms with van der Waals surface area (Å²) in [7, 11) is 1.69. The van der Waals surface area contributed by atoms with Crippen molar-refractivity contribution in [1.29, 1.82) is 0 Å². The summed E-state index contributed by atoms with van der Waals surface area (Å²) in [5, 5.41) is 0. The maximum absolute atomic E-state index is 12.8. The van der Waals surface area contributed by atoms with Gasteiger partial charge in [-0.3, -0.25) is 9.69 Å². The number of carbonyl (C=O) groups is 1. The molecule has 5 nitrogen and oxygen atoms in total. The first-order valence-corrected chi connectivity index (χ1v) is 9.51. The number of likely N-dealkylation sites (tertiary alicyclic amines) is 1. The Balaban J connectivity index is 1.51. The molecule has 0 aromatic heterocycles. The maximum atomic E-state index is 12.8. The van der Waals surface area contributed by atoms with E-state index in [9.17, 15) is 4.79 Å². The summed E-state index contributed by atoms with van der Waals surface area (Å²) < 4.78 is 5.22. The van der Waals surface area contributed by atoms with Gasteiger partial charge in [0.05, 0.1) is 13.7 Å². The molecule has 2 aliphatic heterocycles. The summed E-state index contributed by atoms with van der Waals surface area (Å²) in [6.07, 6.45) is 3.52. The molecule has 1 amide bonds. The molecule has 0 radical (unpaired) electrons. The fraction of sp³-hybridized carbons (Fsp3) is 0.650. The summed E-state index contributed by atoms with van der Waals surface area (Å²) in [6, 6.07) is 9.00. The van der Waals surface area contributed by atoms with Crippen LogP contribution in [-0.2, 0) is 4.79 Å². The monoisotopic (exact) mass is 345 g/mol. The Labute approximate surface area is 151 Å². The first kappa shape index (κ1) is 18.1. The largest absolute Gasteiger partial charge is 0.497 e. The van der Waals surface area contributed by atoms with Crippen molar-refractivity contribution in [3.05, 3.63) is 24.3 Å². The summed E-state index contributed by atoms with van der Waals surface area (Å²) in [5.74, 6) is 1.19. The number of hydrogen-bond donors (Lipinski definition) is 0. The molecular formula is C20H31N3O2. The number of anilines is 1. The molecule has 2 heterocycles. The molecule has 0 bridgehead atoms. The van der Waals surface area contributed by atoms with Crippen molar-refractivity contribution in [3.8, 4) is 5.75 Å². The van der Waals surface area contributed by atoms with Gasteiger partial charge in [0.1, 0.15) is 5.75 Å². The van der Waals surface area contributed by atoms with Crippen molar-refractivity contribution in [2.45, 2.75) is 45.2 Å². The van der Waals surface area contributed by atoms with Crippen LogP contribution >= 0.6 is 0 Å². The van der Waals surface area contributed by atoms with Gasteiger partial charge in [0.15, 0.2) is 0 Å². The van der Waals surface area contributed by atoms with Crippen LogP contribution in [0.5, 0.6) is 5.75 Å². The van der Waals surface area contributed by atoms with Crippen molar-refractivity contribution in [1.82, 2.24) is 9.80 Å². The average molecular weight is 345 g/mol. The number of piperazine rings is 1. The summed E-state index contributed by atoms with van der Waals surface area (Å²) in [4.78, 5) is 19.6. The predicted molar refractivity (Wildman–Crippen MR) is 101 cm³/mol. The Morgan fingerprint density at radius 2 is 1.64 bits per heavy atom. The lowest BCUT2D eigenvalue weighted by Crippen LogP contribution is -2.54. The van der Waals surface area contributed by atoms with E-state index in [2.05, 4.69) is 40.7 Å². The molecule has 2 aliphatic rings. The lowest BCUT2D eigenvalue weighted by molar-refractivity contribution is -0.138. The highest BCUT2D eigenvalue weighted by molar-refractivity contribution is 5.79. The van der Waals surface area contributed by atoms with Gasteiger partial charge in [-0.05, 0) is 57.4 Å². The first-order valence-electron chi connectivity index (χ1n) is 9.51. The van der Waals surface area contributed by atoms with E-state index in [4.69, 9.17) is 4.74 Å². The highest BCUT2D eigenvalue weighted by atomic mass is 16.5. The second-order valence-corrected chi connectivity index (χ2v) is 7.39. The third-order valence-corrected chi connectivity index (χ3v) is 5.65. The van der Waals surface area contributed by atoms with E-state index in [0.717, 1.165) is 44.8 Å². The SMILES string of the molecule is COc1ccc(N2CCN(CC(=O)N3[C@H](C)CCC[C@H]3C)CC2)cc1. The Hall–Kier alpha value is -1.75. The second kappa shape index (κ2) is 8.09. The van der Waals surface area contributed by atoms with Gasteiger partial charge >= 0.3 is 0 Å². The standard InChI is InChI=1S/C20H31N3O2/c1-16-5-4-6-17(2)23(16)20(24)15-21-11-13-22(14-12-21)18-7-9-19(25-3)10-8-18/h7-10,16-17H,4-6,11-15H2,1-3H3/t16-,17-/m1/s1. The number of carbonyl (C=O) groups excluding carboxylic acids is 1. The third kappa shape index (κ3) is 4.27. The molecule has 0 aliphatic carbocycles. The molecule has 1 aromatic rings. The Morgan fingerprint density at radius 3 is 2.20 bits per heavy atom. The van der Waals surface area contributed by atoms with E-state index in [1.54, 1.807) is 7.11 Å². The van der Waals surface area contributed by atoms with Gasteiger partial charge in [-0.25, -0.2) is 0 Å². The molecule has 2 saturated heterocycles. The minimum atomic E-state index is 0.303. The van der Waals surface area contributed by atoms with Crippen LogP contribution in [0.4, 0.5) is 5.69 Å². The number of amides is 1. The Kier molecular flexibility index (Phi) is 5.84. The second-order valence-electron chi connectivity index (χ2n) is 7.39. The van der Waals surface area contributed by atoms with Crippen LogP contribution in [-0.4, -0.2) is 67.6 Å². The van der Waals surface area contributed by atoms with Crippen LogP contribution in [0, 0.1) is 0 Å². The first-order chi connectivity index (χ1) is 12.1. The van der Waals surface area contributed by atoms with E-state index in [0.29, 0.717) is 24.5 Å². The van der Waals surface area contributed by atoms with Crippen molar-refractivity contribution >= 4 is 11.6 Å². The minimum Gasteiger partial charge on any atom is -0.497 e. The highest BCUT2D eigenvalue weighted by Gasteiger charge is 2.30. The zero-order valence-corrected chi connectivity index (χ0v) is 15.8. The number of benzene rings is 1. The average Bonchev–Trinajstić information content (AvgIpc) is 2.62. The van der Waals surface area contributed by atoms with Gasteiger partial charge in [0.25, 0.3) is 0 Å². The van der Waals surface area contributed by atoms with E-state index in [1.807, 2.05) is 12.1 Å². The van der Waals surface area contributed by atoms with Crippen molar-refractivity contribution in [2.24, 2.45) is 0 Å². The fourth-order valence-electron chi connectivity index (χ4n) is 4.14. The molecule has 5 heteroatoms. The lowest BCUT2D eigenvalue weighted by atomic mass is 9.97. The molecule has 0 unspecified atom stereocenters. The predicted octanol–water partition coefficient (Wildman–Crippen LogP) is 2.61. The smallest absolute Gasteiger partial charge is 0.237 e. The molecule has 1 aromatic carbocycles. The third-order valence-electron chi connectivity index (χ3n) is 5.65. The van der Waals surface area contributed by atoms with Crippen molar-refractivity contribution in [3.63, 3.8) is 0 Å². The Bertz CT molecular complexity index is 557. The summed E-state index contributed by atoms with van der Waals surface area (Å²) >= 11 is 0. The number of nitrogens with zero attached hydrogens (tertiary/aromatic N) is 3. The van der Waals surface area contributed by atoms with E-state index in [1.165, 1.54) is 12.1 Å². The normalized spacial score (nSPS) is 25.1. The van der Waals surface area contributed by atoms with Crippen LogP contribution in [0.25, 0.3) is 0 Å². The topological polar surface area (TPSA) is 36.0 Å². The van der Waals surface area contributed by atoms with Crippen LogP contribution in [0.2, 0.25) is 0 Å². The number of methoxy groups -OCH3 is 1. The molecular weight excluding hydrogens is 314 g/mol. The number of piperidine rings is 1. The molecule has 0 N–H and O–H groups in total. The quantitative estimate of drug-likeness (QED) is 0.840. The lowest BCUT2D eigenvalue weighted by Gasteiger charge is -2.41. The molecule has 138 valence electrons. The maximum Gasteiger partial charge on any atom is 0.237 e. The van der Waals surface area contributed by atoms with Gasteiger partial charge in [-0.15, -0.1) is 0 Å². The number of hydrogen-bond acceptors (Lipinski definition) is 4. The molecule has 2 fully saturated rings. The molecule has 25 heavy (non-hydrogen) atoms. The van der Waals surface area contributed by atoms with Gasteiger partial charge in [-0.2, -0.15) is 0 Å². The number of rotatable bonds is 4. The molecule has 3 rings (SSSR count). The van der Waals surface area contributed by atoms with Gasteiger partial charge < -0.3 is 14.5 Å². The zero-order chi connectivity index (χ0) is 17.8.